The second-order valence-electron chi connectivity index (χ2n) is 5.85. The van der Waals surface area contributed by atoms with Crippen molar-refractivity contribution in [3.63, 3.8) is 0 Å². The Labute approximate surface area is 166 Å². The van der Waals surface area contributed by atoms with Crippen molar-refractivity contribution in [3.8, 4) is 0 Å². The Bertz CT molecular complexity index is 973. The lowest BCUT2D eigenvalue weighted by atomic mass is 10.2. The summed E-state index contributed by atoms with van der Waals surface area (Å²) in [6, 6.07) is 7.18. The van der Waals surface area contributed by atoms with Gasteiger partial charge >= 0.3 is 6.18 Å². The van der Waals surface area contributed by atoms with E-state index in [1.165, 1.54) is 29.3 Å². The molecule has 152 valence electrons. The Morgan fingerprint density at radius 1 is 1.24 bits per heavy atom. The molecule has 1 aromatic carbocycles. The molecule has 0 unspecified atom stereocenters. The number of hydrazine groups is 1. The van der Waals surface area contributed by atoms with Gasteiger partial charge in [0.05, 0.1) is 24.1 Å². The van der Waals surface area contributed by atoms with Crippen LogP contribution in [0, 0.1) is 5.82 Å². The fourth-order valence-electron chi connectivity index (χ4n) is 2.50. The number of nitrogens with one attached hydrogen (secondary N) is 1. The number of aromatic nitrogens is 1. The molecular weight excluding hydrogens is 412 g/mol. The lowest BCUT2D eigenvalue weighted by molar-refractivity contribution is -0.141. The number of nitrogens with zero attached hydrogens (tertiary/aromatic N) is 3. The first-order valence-corrected chi connectivity index (χ1v) is 9.34. The number of hydrogen-bond donors (Lipinski definition) is 2. The molecule has 2 N–H and O–H groups in total. The third kappa shape index (κ3) is 4.67. The first-order valence-electron chi connectivity index (χ1n) is 8.11. The van der Waals surface area contributed by atoms with Gasteiger partial charge in [-0.15, -0.1) is 11.8 Å². The first-order chi connectivity index (χ1) is 13.7. The van der Waals surface area contributed by atoms with Gasteiger partial charge in [0.15, 0.2) is 0 Å². The highest BCUT2D eigenvalue weighted by atomic mass is 32.2. The molecule has 0 bridgehead atoms. The lowest BCUT2D eigenvalue weighted by Gasteiger charge is -2.30. The fraction of sp³-hybridized carbons (Fsp3) is 0.167. The van der Waals surface area contributed by atoms with Gasteiger partial charge in [0.25, 0.3) is 5.91 Å². The zero-order valence-electron chi connectivity index (χ0n) is 14.9. The molecule has 0 aliphatic carbocycles. The number of aliphatic hydroxyl groups excluding tert-OH is 1. The molecule has 1 aliphatic heterocycles. The Hall–Kier alpha value is -3.08. The number of amides is 1. The number of hydrogen-bond acceptors (Lipinski definition) is 6. The molecule has 1 aromatic heterocycles. The number of carbonyl (C=O) groups excluding carboxylic acids is 1. The molecule has 0 spiro atoms. The zero-order valence-corrected chi connectivity index (χ0v) is 15.7. The third-order valence-electron chi connectivity index (χ3n) is 3.87. The second-order valence-corrected chi connectivity index (χ2v) is 6.64. The molecule has 0 radical (unpaired) electrons. The Kier molecular flexibility index (Phi) is 5.78. The number of aliphatic imine (C=N–C) groups is 1. The lowest BCUT2D eigenvalue weighted by Crippen LogP contribution is -2.49. The number of rotatable bonds is 3. The quantitative estimate of drug-likeness (QED) is 0.441. The van der Waals surface area contributed by atoms with Crippen molar-refractivity contribution in [3.05, 3.63) is 65.4 Å². The largest absolute Gasteiger partial charge is 0.509 e. The van der Waals surface area contributed by atoms with Gasteiger partial charge in [-0.25, -0.2) is 14.4 Å². The molecule has 3 rings (SSSR count). The van der Waals surface area contributed by atoms with Crippen LogP contribution in [0.1, 0.15) is 5.69 Å². The molecule has 2 heterocycles. The summed E-state index contributed by atoms with van der Waals surface area (Å²) < 4.78 is 50.9. The van der Waals surface area contributed by atoms with Gasteiger partial charge in [0.1, 0.15) is 27.9 Å². The number of carbonyl (C=O) groups is 1. The maximum atomic E-state index is 13.0. The molecule has 0 atom stereocenters. The van der Waals surface area contributed by atoms with Crippen molar-refractivity contribution < 1.29 is 27.5 Å². The van der Waals surface area contributed by atoms with Gasteiger partial charge in [-0.3, -0.25) is 15.2 Å². The number of benzene rings is 1. The summed E-state index contributed by atoms with van der Waals surface area (Å²) in [7, 11) is 0. The van der Waals surface area contributed by atoms with Gasteiger partial charge in [0.2, 0.25) is 0 Å². The van der Waals surface area contributed by atoms with Crippen LogP contribution in [0.15, 0.2) is 58.9 Å². The summed E-state index contributed by atoms with van der Waals surface area (Å²) in [5.74, 6) is -1.44. The summed E-state index contributed by atoms with van der Waals surface area (Å²) in [6.45, 7) is -0.197. The molecule has 6 nitrogen and oxygen atoms in total. The molecular formula is C18H14F4N4O2S. The zero-order chi connectivity index (χ0) is 21.2. The van der Waals surface area contributed by atoms with Gasteiger partial charge in [0, 0.05) is 0 Å². The molecule has 0 saturated heterocycles. The SMILES string of the molecule is CSC(=Nc1ccc(F)cc1)C1=C(O)CN(c2ccc(C(F)(F)F)nc2)NC1=O. The maximum absolute atomic E-state index is 13.0. The third-order valence-corrected chi connectivity index (χ3v) is 4.56. The fourth-order valence-corrected chi connectivity index (χ4v) is 3.12. The highest BCUT2D eigenvalue weighted by molar-refractivity contribution is 8.14. The predicted octanol–water partition coefficient (Wildman–Crippen LogP) is 4.00. The monoisotopic (exact) mass is 426 g/mol. The van der Waals surface area contributed by atoms with Gasteiger partial charge in [-0.05, 0) is 42.7 Å². The van der Waals surface area contributed by atoms with E-state index in [1.54, 1.807) is 6.26 Å². The van der Waals surface area contributed by atoms with E-state index >= 15 is 0 Å². The van der Waals surface area contributed by atoms with Crippen LogP contribution in [0.4, 0.5) is 28.9 Å². The van der Waals surface area contributed by atoms with Gasteiger partial charge < -0.3 is 5.11 Å². The maximum Gasteiger partial charge on any atom is 0.433 e. The number of aliphatic hydroxyl groups is 1. The van der Waals surface area contributed by atoms with Crippen LogP contribution in [0.5, 0.6) is 0 Å². The molecule has 11 heteroatoms. The van der Waals surface area contributed by atoms with E-state index in [4.69, 9.17) is 0 Å². The van der Waals surface area contributed by atoms with Crippen molar-refractivity contribution in [2.45, 2.75) is 6.18 Å². The standard InChI is InChI=1S/C18H14F4N4O2S/c1-29-17(24-11-4-2-10(19)3-5-11)15-13(27)9-26(25-16(15)28)12-6-7-14(23-8-12)18(20,21)22/h2-8,27H,9H2,1H3,(H,25,28). The minimum atomic E-state index is -4.58. The van der Waals surface area contributed by atoms with E-state index in [1.807, 2.05) is 0 Å². The topological polar surface area (TPSA) is 77.8 Å². The molecule has 0 saturated carbocycles. The second kappa shape index (κ2) is 8.11. The van der Waals surface area contributed by atoms with Crippen LogP contribution < -0.4 is 10.4 Å². The molecule has 29 heavy (non-hydrogen) atoms. The molecule has 1 amide bonds. The number of thioether (sulfide) groups is 1. The number of halogens is 4. The minimum Gasteiger partial charge on any atom is -0.509 e. The number of anilines is 1. The van der Waals surface area contributed by atoms with E-state index in [0.29, 0.717) is 5.69 Å². The van der Waals surface area contributed by atoms with E-state index < -0.39 is 23.6 Å². The van der Waals surface area contributed by atoms with Crippen LogP contribution >= 0.6 is 11.8 Å². The summed E-state index contributed by atoms with van der Waals surface area (Å²) in [5.41, 5.74) is 1.89. The van der Waals surface area contributed by atoms with Crippen LogP contribution in [0.3, 0.4) is 0 Å². The summed E-state index contributed by atoms with van der Waals surface area (Å²) in [4.78, 5) is 20.1. The van der Waals surface area contributed by atoms with Crippen molar-refractivity contribution in [1.82, 2.24) is 10.4 Å². The smallest absolute Gasteiger partial charge is 0.433 e. The van der Waals surface area contributed by atoms with Crippen LogP contribution in [-0.4, -0.2) is 33.8 Å². The molecule has 1 aliphatic rings. The summed E-state index contributed by atoms with van der Waals surface area (Å²) >= 11 is 1.11. The Morgan fingerprint density at radius 2 is 1.93 bits per heavy atom. The van der Waals surface area contributed by atoms with Gasteiger partial charge in [-0.2, -0.15) is 13.2 Å². The van der Waals surface area contributed by atoms with E-state index in [-0.39, 0.29) is 28.6 Å². The highest BCUT2D eigenvalue weighted by Crippen LogP contribution is 2.29. The van der Waals surface area contributed by atoms with Crippen molar-refractivity contribution in [1.29, 1.82) is 0 Å². The summed E-state index contributed by atoms with van der Waals surface area (Å²) in [5, 5.41) is 11.8. The van der Waals surface area contributed by atoms with Crippen molar-refractivity contribution in [2.24, 2.45) is 4.99 Å². The molecule has 2 aromatic rings. The van der Waals surface area contributed by atoms with Crippen molar-refractivity contribution >= 4 is 34.1 Å². The normalized spacial score (nSPS) is 15.6. The van der Waals surface area contributed by atoms with Gasteiger partial charge in [-0.1, -0.05) is 0 Å². The van der Waals surface area contributed by atoms with Crippen molar-refractivity contribution in [2.75, 3.05) is 17.8 Å². The van der Waals surface area contributed by atoms with E-state index in [0.717, 1.165) is 30.1 Å². The highest BCUT2D eigenvalue weighted by Gasteiger charge is 2.33. The van der Waals surface area contributed by atoms with Crippen LogP contribution in [0.2, 0.25) is 0 Å². The number of pyridine rings is 1. The number of alkyl halides is 3. The average Bonchev–Trinajstić information content (AvgIpc) is 2.67. The predicted molar refractivity (Wildman–Crippen MR) is 101 cm³/mol. The first kappa shape index (κ1) is 20.6. The average molecular weight is 426 g/mol. The van der Waals surface area contributed by atoms with Crippen LogP contribution in [-0.2, 0) is 11.0 Å². The summed E-state index contributed by atoms with van der Waals surface area (Å²) in [6.07, 6.45) is -1.98. The van der Waals surface area contributed by atoms with E-state index in [9.17, 15) is 27.5 Å². The van der Waals surface area contributed by atoms with E-state index in [2.05, 4.69) is 15.4 Å². The Morgan fingerprint density at radius 3 is 2.45 bits per heavy atom. The van der Waals surface area contributed by atoms with Crippen LogP contribution in [0.25, 0.3) is 0 Å². The minimum absolute atomic E-state index is 0.0713. The molecule has 0 fully saturated rings. The Balaban J connectivity index is 1.87.